The van der Waals surface area contributed by atoms with E-state index < -0.39 is 0 Å². The zero-order valence-electron chi connectivity index (χ0n) is 20.4. The predicted molar refractivity (Wildman–Crippen MR) is 140 cm³/mol. The van der Waals surface area contributed by atoms with Gasteiger partial charge in [-0.25, -0.2) is 19.3 Å². The van der Waals surface area contributed by atoms with Crippen LogP contribution in [-0.4, -0.2) is 30.9 Å². The maximum absolute atomic E-state index is 13.3. The molecule has 2 aliphatic carbocycles. The van der Waals surface area contributed by atoms with Crippen LogP contribution in [0, 0.1) is 0 Å². The third kappa shape index (κ3) is 3.24. The molecule has 1 spiro atoms. The lowest BCUT2D eigenvalue weighted by Crippen LogP contribution is -2.33. The Hall–Kier alpha value is -3.78. The van der Waals surface area contributed by atoms with Gasteiger partial charge in [-0.3, -0.25) is 4.79 Å². The highest BCUT2D eigenvalue weighted by Crippen LogP contribution is 2.50. The van der Waals surface area contributed by atoms with Gasteiger partial charge in [0.05, 0.1) is 6.54 Å². The minimum Gasteiger partial charge on any atom is -0.324 e. The topological polar surface area (TPSA) is 89.7 Å². The normalized spacial score (nSPS) is 19.3. The summed E-state index contributed by atoms with van der Waals surface area (Å²) in [7, 11) is 0. The number of rotatable bonds is 5. The van der Waals surface area contributed by atoms with Crippen LogP contribution in [-0.2, 0) is 24.9 Å². The van der Waals surface area contributed by atoms with E-state index in [0.29, 0.717) is 40.7 Å². The van der Waals surface area contributed by atoms with E-state index >= 15 is 0 Å². The number of anilines is 2. The number of hydrogen-bond donors (Lipinski definition) is 2. The van der Waals surface area contributed by atoms with Crippen molar-refractivity contribution in [1.82, 2.24) is 29.6 Å². The molecule has 3 aromatic heterocycles. The van der Waals surface area contributed by atoms with Crippen molar-refractivity contribution in [3.8, 4) is 5.82 Å². The fraction of sp³-hybridized carbons (Fsp3) is 0.357. The van der Waals surface area contributed by atoms with Gasteiger partial charge in [-0.05, 0) is 66.5 Å². The smallest absolute Gasteiger partial charge is 0.278 e. The molecule has 182 valence electrons. The summed E-state index contributed by atoms with van der Waals surface area (Å²) in [5.41, 5.74) is 6.85. The molecule has 1 saturated carbocycles. The van der Waals surface area contributed by atoms with Gasteiger partial charge in [0.2, 0.25) is 5.95 Å². The lowest BCUT2D eigenvalue weighted by atomic mass is 9.88. The van der Waals surface area contributed by atoms with E-state index in [0.717, 1.165) is 37.3 Å². The SMILES string of the molecule is C=CCn1c(=O)c2cnc(Nc3ccc4c(c3)CNCC43CC3)nc2n1-c1ccc2c(n1)C(C)CC2. The number of nitrogens with zero attached hydrogens (tertiary/aromatic N) is 5. The molecule has 1 aromatic carbocycles. The molecule has 0 radical (unpaired) electrons. The molecule has 0 amide bonds. The van der Waals surface area contributed by atoms with Crippen molar-refractivity contribution in [2.45, 2.75) is 57.0 Å². The van der Waals surface area contributed by atoms with Crippen LogP contribution in [0.15, 0.2) is 54.0 Å². The van der Waals surface area contributed by atoms with E-state index in [1.165, 1.54) is 29.5 Å². The largest absolute Gasteiger partial charge is 0.324 e. The van der Waals surface area contributed by atoms with Gasteiger partial charge < -0.3 is 10.6 Å². The van der Waals surface area contributed by atoms with Crippen LogP contribution < -0.4 is 16.2 Å². The summed E-state index contributed by atoms with van der Waals surface area (Å²) in [6.07, 6.45) is 7.99. The first-order valence-electron chi connectivity index (χ1n) is 12.8. The molecule has 36 heavy (non-hydrogen) atoms. The second-order valence-electron chi connectivity index (χ2n) is 10.5. The highest BCUT2D eigenvalue weighted by Gasteiger charge is 2.46. The van der Waals surface area contributed by atoms with Crippen LogP contribution in [0.4, 0.5) is 11.6 Å². The fourth-order valence-electron chi connectivity index (χ4n) is 5.96. The first-order valence-corrected chi connectivity index (χ1v) is 12.8. The molecule has 0 saturated heterocycles. The van der Waals surface area contributed by atoms with E-state index in [4.69, 9.17) is 9.97 Å². The van der Waals surface area contributed by atoms with Crippen molar-refractivity contribution in [3.63, 3.8) is 0 Å². The third-order valence-corrected chi connectivity index (χ3v) is 8.07. The Morgan fingerprint density at radius 2 is 2.11 bits per heavy atom. The second-order valence-corrected chi connectivity index (χ2v) is 10.5. The zero-order chi connectivity index (χ0) is 24.4. The number of aromatic nitrogens is 5. The number of aryl methyl sites for hydroxylation is 1. The first-order chi connectivity index (χ1) is 17.6. The third-order valence-electron chi connectivity index (χ3n) is 8.07. The Kier molecular flexibility index (Phi) is 4.70. The van der Waals surface area contributed by atoms with Crippen LogP contribution in [0.25, 0.3) is 16.9 Å². The van der Waals surface area contributed by atoms with Crippen molar-refractivity contribution >= 4 is 22.7 Å². The standard InChI is InChI=1S/C28H29N7O/c1-3-12-34-26(36)21-15-30-27(31-20-7-8-22-19(13-20)14-29-16-28(22)10-11-28)33-25(21)35(34)23-9-6-18-5-4-17(2)24(18)32-23/h3,6-9,13,15,17,29H,1,4-5,10-12,14,16H2,2H3,(H,30,31,33). The van der Waals surface area contributed by atoms with E-state index in [1.807, 2.05) is 10.7 Å². The Bertz CT molecular complexity index is 1590. The summed E-state index contributed by atoms with van der Waals surface area (Å²) in [5.74, 6) is 1.54. The molecule has 7 rings (SSSR count). The summed E-state index contributed by atoms with van der Waals surface area (Å²) < 4.78 is 3.44. The van der Waals surface area contributed by atoms with Gasteiger partial charge >= 0.3 is 0 Å². The van der Waals surface area contributed by atoms with Crippen LogP contribution in [0.5, 0.6) is 0 Å². The highest BCUT2D eigenvalue weighted by molar-refractivity contribution is 5.77. The summed E-state index contributed by atoms with van der Waals surface area (Å²) in [6, 6.07) is 10.7. The number of fused-ring (bicyclic) bond motifs is 4. The van der Waals surface area contributed by atoms with Gasteiger partial charge in [0.1, 0.15) is 5.39 Å². The van der Waals surface area contributed by atoms with E-state index in [9.17, 15) is 4.79 Å². The maximum atomic E-state index is 13.3. The average Bonchev–Trinajstić information content (AvgIpc) is 3.48. The van der Waals surface area contributed by atoms with Crippen molar-refractivity contribution in [2.24, 2.45) is 0 Å². The average molecular weight is 480 g/mol. The van der Waals surface area contributed by atoms with Gasteiger partial charge in [0, 0.05) is 36.1 Å². The Balaban J connectivity index is 1.31. The van der Waals surface area contributed by atoms with Gasteiger partial charge in [-0.2, -0.15) is 4.98 Å². The molecule has 8 nitrogen and oxygen atoms in total. The number of pyridine rings is 1. The van der Waals surface area contributed by atoms with Crippen molar-refractivity contribution in [2.75, 3.05) is 11.9 Å². The first kappa shape index (κ1) is 21.5. The lowest BCUT2D eigenvalue weighted by Gasteiger charge is -2.26. The number of nitrogens with one attached hydrogen (secondary N) is 2. The summed E-state index contributed by atoms with van der Waals surface area (Å²) in [4.78, 5) is 27.5. The van der Waals surface area contributed by atoms with Gasteiger partial charge in [-0.1, -0.05) is 25.1 Å². The molecule has 3 aliphatic rings. The minimum atomic E-state index is -0.151. The molecule has 4 heterocycles. The predicted octanol–water partition coefficient (Wildman–Crippen LogP) is 4.09. The van der Waals surface area contributed by atoms with E-state index in [1.54, 1.807) is 17.0 Å². The molecule has 0 bridgehead atoms. The molecule has 1 fully saturated rings. The molecular weight excluding hydrogens is 450 g/mol. The van der Waals surface area contributed by atoms with E-state index in [2.05, 4.69) is 53.4 Å². The Labute approximate surface area is 209 Å². The number of hydrogen-bond acceptors (Lipinski definition) is 6. The monoisotopic (exact) mass is 479 g/mol. The molecule has 1 atom stereocenters. The quantitative estimate of drug-likeness (QED) is 0.419. The Morgan fingerprint density at radius 3 is 2.94 bits per heavy atom. The van der Waals surface area contributed by atoms with Gasteiger partial charge in [0.25, 0.3) is 5.56 Å². The van der Waals surface area contributed by atoms with Crippen LogP contribution in [0.1, 0.15) is 54.5 Å². The van der Waals surface area contributed by atoms with Crippen molar-refractivity contribution in [1.29, 1.82) is 0 Å². The minimum absolute atomic E-state index is 0.151. The maximum Gasteiger partial charge on any atom is 0.278 e. The molecule has 1 unspecified atom stereocenters. The number of allylic oxidation sites excluding steroid dienone is 1. The molecule has 4 aromatic rings. The van der Waals surface area contributed by atoms with E-state index in [-0.39, 0.29) is 5.56 Å². The molecular formula is C28H29N7O. The number of benzene rings is 1. The highest BCUT2D eigenvalue weighted by atomic mass is 16.1. The van der Waals surface area contributed by atoms with Crippen molar-refractivity contribution in [3.05, 3.63) is 81.9 Å². The van der Waals surface area contributed by atoms with Crippen molar-refractivity contribution < 1.29 is 0 Å². The molecule has 8 heteroatoms. The molecule has 1 aliphatic heterocycles. The second kappa shape index (κ2) is 7.86. The van der Waals surface area contributed by atoms with Gasteiger partial charge in [-0.15, -0.1) is 6.58 Å². The summed E-state index contributed by atoms with van der Waals surface area (Å²) >= 11 is 0. The fourth-order valence-corrected chi connectivity index (χ4v) is 5.96. The van der Waals surface area contributed by atoms with Crippen LogP contribution >= 0.6 is 0 Å². The lowest BCUT2D eigenvalue weighted by molar-refractivity contribution is 0.531. The van der Waals surface area contributed by atoms with Crippen LogP contribution in [0.2, 0.25) is 0 Å². The summed E-state index contributed by atoms with van der Waals surface area (Å²) in [6.45, 7) is 8.35. The van der Waals surface area contributed by atoms with Crippen LogP contribution in [0.3, 0.4) is 0 Å². The Morgan fingerprint density at radius 1 is 1.22 bits per heavy atom. The molecule has 2 N–H and O–H groups in total. The zero-order valence-corrected chi connectivity index (χ0v) is 20.4. The van der Waals surface area contributed by atoms with Gasteiger partial charge in [0.15, 0.2) is 11.5 Å². The summed E-state index contributed by atoms with van der Waals surface area (Å²) in [5, 5.41) is 7.39.